The van der Waals surface area contributed by atoms with E-state index in [4.69, 9.17) is 5.11 Å². The van der Waals surface area contributed by atoms with Gasteiger partial charge in [0, 0.05) is 6.07 Å². The second-order valence-electron chi connectivity index (χ2n) is 1.68. The molecule has 0 aliphatic carbocycles. The molecule has 4 heteroatoms. The highest BCUT2D eigenvalue weighted by Gasteiger charge is 2.01. The van der Waals surface area contributed by atoms with Gasteiger partial charge in [-0.25, -0.2) is 9.37 Å². The zero-order chi connectivity index (χ0) is 7.56. The molecule has 0 saturated carbocycles. The number of hydrogen-bond acceptors (Lipinski definition) is 3. The van der Waals surface area contributed by atoms with Crippen LogP contribution >= 0.6 is 0 Å². The molecule has 3 nitrogen and oxygen atoms in total. The molecular formula is C6H6FNO2. The van der Waals surface area contributed by atoms with Crippen molar-refractivity contribution in [1.82, 2.24) is 4.98 Å². The fourth-order valence-corrected chi connectivity index (χ4v) is 0.573. The highest BCUT2D eigenvalue weighted by molar-refractivity contribution is 5.30. The van der Waals surface area contributed by atoms with E-state index >= 15 is 0 Å². The van der Waals surface area contributed by atoms with E-state index in [0.29, 0.717) is 0 Å². The van der Waals surface area contributed by atoms with Crippen LogP contribution < -0.4 is 4.74 Å². The van der Waals surface area contributed by atoms with Gasteiger partial charge >= 0.3 is 0 Å². The summed E-state index contributed by atoms with van der Waals surface area (Å²) >= 11 is 0. The number of pyridine rings is 1. The normalized spacial score (nSPS) is 9.40. The molecule has 0 radical (unpaired) electrons. The fourth-order valence-electron chi connectivity index (χ4n) is 0.573. The third kappa shape index (κ3) is 1.15. The van der Waals surface area contributed by atoms with Crippen molar-refractivity contribution in [3.63, 3.8) is 0 Å². The summed E-state index contributed by atoms with van der Waals surface area (Å²) in [5.41, 5.74) is 0. The van der Waals surface area contributed by atoms with E-state index in [2.05, 4.69) is 9.72 Å². The van der Waals surface area contributed by atoms with Crippen LogP contribution in [0.3, 0.4) is 0 Å². The lowest BCUT2D eigenvalue weighted by molar-refractivity contribution is 0.355. The minimum Gasteiger partial charge on any atom is -0.503 e. The number of methoxy groups -OCH3 is 1. The van der Waals surface area contributed by atoms with E-state index in [9.17, 15) is 4.39 Å². The van der Waals surface area contributed by atoms with Crippen LogP contribution in [0.2, 0.25) is 0 Å². The summed E-state index contributed by atoms with van der Waals surface area (Å²) in [6.45, 7) is 0. The zero-order valence-electron chi connectivity index (χ0n) is 5.34. The molecular weight excluding hydrogens is 137 g/mol. The lowest BCUT2D eigenvalue weighted by Crippen LogP contribution is -1.88. The van der Waals surface area contributed by atoms with Crippen LogP contribution in [0.5, 0.6) is 11.6 Å². The van der Waals surface area contributed by atoms with Crippen molar-refractivity contribution in [2.24, 2.45) is 0 Å². The minimum absolute atomic E-state index is 0.0291. The molecule has 0 aliphatic rings. The molecule has 54 valence electrons. The first-order valence-electron chi connectivity index (χ1n) is 2.62. The van der Waals surface area contributed by atoms with Gasteiger partial charge in [0.2, 0.25) is 0 Å². The number of nitrogens with zero attached hydrogens (tertiary/aromatic N) is 1. The van der Waals surface area contributed by atoms with Crippen molar-refractivity contribution >= 4 is 0 Å². The molecule has 0 unspecified atom stereocenters. The Labute approximate surface area is 57.1 Å². The first kappa shape index (κ1) is 6.80. The van der Waals surface area contributed by atoms with E-state index in [-0.39, 0.29) is 11.6 Å². The molecule has 1 heterocycles. The maximum Gasteiger partial charge on any atom is 0.256 e. The summed E-state index contributed by atoms with van der Waals surface area (Å²) in [5.74, 6) is -0.845. The van der Waals surface area contributed by atoms with Gasteiger partial charge in [0.1, 0.15) is 5.82 Å². The van der Waals surface area contributed by atoms with Gasteiger partial charge in [-0.05, 0) is 0 Å². The van der Waals surface area contributed by atoms with Crippen molar-refractivity contribution in [2.75, 3.05) is 7.11 Å². The predicted octanol–water partition coefficient (Wildman–Crippen LogP) is 0.935. The number of aromatic hydroxyl groups is 1. The topological polar surface area (TPSA) is 42.4 Å². The highest BCUT2D eigenvalue weighted by atomic mass is 19.1. The van der Waals surface area contributed by atoms with E-state index in [1.54, 1.807) is 0 Å². The van der Waals surface area contributed by atoms with Crippen molar-refractivity contribution in [3.8, 4) is 11.6 Å². The molecule has 0 aromatic carbocycles. The summed E-state index contributed by atoms with van der Waals surface area (Å²) in [5, 5.41) is 8.86. The third-order valence-electron chi connectivity index (χ3n) is 0.992. The first-order chi connectivity index (χ1) is 4.74. The zero-order valence-corrected chi connectivity index (χ0v) is 5.34. The van der Waals surface area contributed by atoms with Gasteiger partial charge in [-0.15, -0.1) is 0 Å². The van der Waals surface area contributed by atoms with Gasteiger partial charge in [-0.1, -0.05) is 0 Å². The average Bonchev–Trinajstić information content (AvgIpc) is 1.88. The minimum atomic E-state index is -0.585. The predicted molar refractivity (Wildman–Crippen MR) is 32.4 cm³/mol. The number of hydrogen-bond donors (Lipinski definition) is 1. The van der Waals surface area contributed by atoms with Crippen LogP contribution in [0.4, 0.5) is 4.39 Å². The Morgan fingerprint density at radius 3 is 2.90 bits per heavy atom. The lowest BCUT2D eigenvalue weighted by atomic mass is 10.4. The van der Waals surface area contributed by atoms with Gasteiger partial charge in [-0.3, -0.25) is 0 Å². The number of ether oxygens (including phenoxy) is 1. The molecule has 10 heavy (non-hydrogen) atoms. The van der Waals surface area contributed by atoms with Crippen LogP contribution in [0.25, 0.3) is 0 Å². The Morgan fingerprint density at radius 1 is 1.70 bits per heavy atom. The number of halogens is 1. The first-order valence-corrected chi connectivity index (χ1v) is 2.62. The SMILES string of the molecule is COc1ncc(F)cc1O. The van der Waals surface area contributed by atoms with E-state index in [1.807, 2.05) is 0 Å². The maximum absolute atomic E-state index is 12.2. The summed E-state index contributed by atoms with van der Waals surface area (Å²) in [6.07, 6.45) is 0.971. The van der Waals surface area contributed by atoms with Crippen LogP contribution in [0, 0.1) is 5.82 Å². The van der Waals surface area contributed by atoms with Gasteiger partial charge in [0.05, 0.1) is 13.3 Å². The van der Waals surface area contributed by atoms with E-state index in [0.717, 1.165) is 12.3 Å². The molecule has 1 aromatic heterocycles. The largest absolute Gasteiger partial charge is 0.503 e. The molecule has 1 aromatic rings. The van der Waals surface area contributed by atoms with Crippen molar-refractivity contribution in [1.29, 1.82) is 0 Å². The Morgan fingerprint density at radius 2 is 2.40 bits per heavy atom. The summed E-state index contributed by atoms with van der Waals surface area (Å²) in [7, 11) is 1.35. The van der Waals surface area contributed by atoms with Gasteiger partial charge in [-0.2, -0.15) is 0 Å². The number of rotatable bonds is 1. The molecule has 1 N–H and O–H groups in total. The maximum atomic E-state index is 12.2. The molecule has 0 atom stereocenters. The standard InChI is InChI=1S/C6H6FNO2/c1-10-6-5(9)2-4(7)3-8-6/h2-3,9H,1H3. The van der Waals surface area contributed by atoms with Gasteiger partial charge in [0.15, 0.2) is 5.75 Å². The van der Waals surface area contributed by atoms with E-state index < -0.39 is 5.82 Å². The molecule has 0 aliphatic heterocycles. The van der Waals surface area contributed by atoms with Crippen molar-refractivity contribution in [3.05, 3.63) is 18.1 Å². The van der Waals surface area contributed by atoms with Gasteiger partial charge in [0.25, 0.3) is 5.88 Å². The average molecular weight is 143 g/mol. The second kappa shape index (κ2) is 2.51. The van der Waals surface area contributed by atoms with Crippen LogP contribution in [0.1, 0.15) is 0 Å². The highest BCUT2D eigenvalue weighted by Crippen LogP contribution is 2.21. The molecule has 0 bridgehead atoms. The monoisotopic (exact) mass is 143 g/mol. The third-order valence-corrected chi connectivity index (χ3v) is 0.992. The second-order valence-corrected chi connectivity index (χ2v) is 1.68. The summed E-state index contributed by atoms with van der Waals surface area (Å²) in [4.78, 5) is 3.45. The Hall–Kier alpha value is -1.32. The van der Waals surface area contributed by atoms with E-state index in [1.165, 1.54) is 7.11 Å². The Bertz CT molecular complexity index is 239. The molecule has 0 spiro atoms. The van der Waals surface area contributed by atoms with Crippen molar-refractivity contribution < 1.29 is 14.2 Å². The molecule has 1 rings (SSSR count). The van der Waals surface area contributed by atoms with Crippen LogP contribution in [0.15, 0.2) is 12.3 Å². The molecule has 0 fully saturated rings. The molecule has 0 amide bonds. The van der Waals surface area contributed by atoms with Crippen LogP contribution in [-0.2, 0) is 0 Å². The van der Waals surface area contributed by atoms with Crippen LogP contribution in [-0.4, -0.2) is 17.2 Å². The molecule has 0 saturated heterocycles. The lowest BCUT2D eigenvalue weighted by Gasteiger charge is -1.99. The smallest absolute Gasteiger partial charge is 0.256 e. The summed E-state index contributed by atoms with van der Waals surface area (Å²) < 4.78 is 16.8. The van der Waals surface area contributed by atoms with Crippen molar-refractivity contribution in [2.45, 2.75) is 0 Å². The fraction of sp³-hybridized carbons (Fsp3) is 0.167. The van der Waals surface area contributed by atoms with Gasteiger partial charge < -0.3 is 9.84 Å². The number of aromatic nitrogens is 1. The summed E-state index contributed by atoms with van der Waals surface area (Å²) in [6, 6.07) is 0.936. The Kier molecular flexibility index (Phi) is 1.71. The Balaban J connectivity index is 3.07. The quantitative estimate of drug-likeness (QED) is 0.636.